The van der Waals surface area contributed by atoms with E-state index in [0.29, 0.717) is 6.42 Å². The van der Waals surface area contributed by atoms with Gasteiger partial charge in [0.1, 0.15) is 6.10 Å². The van der Waals surface area contributed by atoms with Gasteiger partial charge in [0, 0.05) is 22.9 Å². The van der Waals surface area contributed by atoms with Crippen molar-refractivity contribution in [3.63, 3.8) is 0 Å². The molecule has 2 rings (SSSR count). The number of aromatic nitrogens is 2. The van der Waals surface area contributed by atoms with Crippen LogP contribution in [-0.2, 0) is 6.42 Å². The molecule has 0 amide bonds. The summed E-state index contributed by atoms with van der Waals surface area (Å²) in [5.74, 6) is 0. The van der Waals surface area contributed by atoms with Crippen LogP contribution in [0, 0.1) is 6.92 Å². The van der Waals surface area contributed by atoms with Crippen molar-refractivity contribution >= 4 is 22.9 Å². The number of hydrogen-bond donors (Lipinski definition) is 1. The minimum Gasteiger partial charge on any atom is -0.386 e. The van der Waals surface area contributed by atoms with Crippen LogP contribution in [0.15, 0.2) is 16.8 Å². The standard InChI is InChI=1S/C9H10N2OS2/c1-6-5-13-9(10-6)4-8(12)7-2-3-14-11-7/h2-3,5,8,12H,4H2,1H3. The zero-order valence-corrected chi connectivity index (χ0v) is 9.31. The smallest absolute Gasteiger partial charge is 0.103 e. The summed E-state index contributed by atoms with van der Waals surface area (Å²) in [7, 11) is 0. The lowest BCUT2D eigenvalue weighted by molar-refractivity contribution is 0.174. The summed E-state index contributed by atoms with van der Waals surface area (Å²) >= 11 is 2.94. The second-order valence-corrected chi connectivity index (χ2v) is 4.64. The Balaban J connectivity index is 2.05. The van der Waals surface area contributed by atoms with Gasteiger partial charge in [0.25, 0.3) is 0 Å². The average molecular weight is 226 g/mol. The molecule has 1 N–H and O–H groups in total. The quantitative estimate of drug-likeness (QED) is 0.872. The highest BCUT2D eigenvalue weighted by molar-refractivity contribution is 7.09. The van der Waals surface area contributed by atoms with Gasteiger partial charge in [-0.15, -0.1) is 11.3 Å². The van der Waals surface area contributed by atoms with Crippen molar-refractivity contribution in [1.82, 2.24) is 9.36 Å². The van der Waals surface area contributed by atoms with E-state index in [-0.39, 0.29) is 0 Å². The zero-order valence-electron chi connectivity index (χ0n) is 7.67. The van der Waals surface area contributed by atoms with Crippen LogP contribution in [0.3, 0.4) is 0 Å². The largest absolute Gasteiger partial charge is 0.386 e. The molecule has 0 spiro atoms. The Labute approximate surface area is 90.2 Å². The predicted molar refractivity (Wildman–Crippen MR) is 57.6 cm³/mol. The summed E-state index contributed by atoms with van der Waals surface area (Å²) in [6, 6.07) is 1.84. The molecule has 2 aromatic heterocycles. The first-order chi connectivity index (χ1) is 6.75. The lowest BCUT2D eigenvalue weighted by atomic mass is 10.2. The maximum absolute atomic E-state index is 9.78. The van der Waals surface area contributed by atoms with Crippen molar-refractivity contribution in [3.8, 4) is 0 Å². The summed E-state index contributed by atoms with van der Waals surface area (Å²) in [6.45, 7) is 1.95. The first-order valence-corrected chi connectivity index (χ1v) is 5.96. The van der Waals surface area contributed by atoms with Gasteiger partial charge in [-0.2, -0.15) is 4.37 Å². The van der Waals surface area contributed by atoms with E-state index in [2.05, 4.69) is 9.36 Å². The molecule has 0 aliphatic carbocycles. The van der Waals surface area contributed by atoms with Crippen molar-refractivity contribution in [3.05, 3.63) is 33.2 Å². The fourth-order valence-electron chi connectivity index (χ4n) is 1.16. The monoisotopic (exact) mass is 226 g/mol. The summed E-state index contributed by atoms with van der Waals surface area (Å²) < 4.78 is 4.09. The third-order valence-corrected chi connectivity index (χ3v) is 3.40. The molecular weight excluding hydrogens is 216 g/mol. The molecule has 2 aromatic rings. The van der Waals surface area contributed by atoms with Gasteiger partial charge >= 0.3 is 0 Å². The number of rotatable bonds is 3. The molecule has 1 unspecified atom stereocenters. The van der Waals surface area contributed by atoms with Gasteiger partial charge in [0.2, 0.25) is 0 Å². The summed E-state index contributed by atoms with van der Waals surface area (Å²) in [5, 5.41) is 14.6. The molecule has 0 aliphatic rings. The molecule has 0 aliphatic heterocycles. The van der Waals surface area contributed by atoms with Gasteiger partial charge in [0.05, 0.1) is 10.7 Å². The molecule has 0 saturated carbocycles. The highest BCUT2D eigenvalue weighted by Crippen LogP contribution is 2.19. The summed E-state index contributed by atoms with van der Waals surface area (Å²) in [4.78, 5) is 4.29. The predicted octanol–water partition coefficient (Wildman–Crippen LogP) is 2.18. The first-order valence-electron chi connectivity index (χ1n) is 4.25. The lowest BCUT2D eigenvalue weighted by Crippen LogP contribution is -2.01. The van der Waals surface area contributed by atoms with Crippen molar-refractivity contribution in [2.24, 2.45) is 0 Å². The first kappa shape index (κ1) is 9.76. The van der Waals surface area contributed by atoms with E-state index in [1.165, 1.54) is 11.5 Å². The van der Waals surface area contributed by atoms with Gasteiger partial charge in [-0.05, 0) is 24.5 Å². The Bertz CT molecular complexity index is 397. The molecular formula is C9H10N2OS2. The second kappa shape index (κ2) is 4.16. The average Bonchev–Trinajstić information content (AvgIpc) is 2.75. The van der Waals surface area contributed by atoms with Gasteiger partial charge in [-0.25, -0.2) is 4.98 Å². The van der Waals surface area contributed by atoms with Crippen LogP contribution >= 0.6 is 22.9 Å². The molecule has 3 nitrogen and oxygen atoms in total. The zero-order chi connectivity index (χ0) is 9.97. The lowest BCUT2D eigenvalue weighted by Gasteiger charge is -2.03. The summed E-state index contributed by atoms with van der Waals surface area (Å²) in [5.41, 5.74) is 1.75. The van der Waals surface area contributed by atoms with Gasteiger partial charge in [0.15, 0.2) is 0 Å². The third-order valence-electron chi connectivity index (χ3n) is 1.83. The molecule has 2 heterocycles. The highest BCUT2D eigenvalue weighted by Gasteiger charge is 2.12. The van der Waals surface area contributed by atoms with E-state index in [1.807, 2.05) is 23.8 Å². The number of aliphatic hydroxyl groups is 1. The van der Waals surface area contributed by atoms with E-state index in [4.69, 9.17) is 0 Å². The van der Waals surface area contributed by atoms with E-state index in [1.54, 1.807) is 11.3 Å². The van der Waals surface area contributed by atoms with Crippen molar-refractivity contribution < 1.29 is 5.11 Å². The highest BCUT2D eigenvalue weighted by atomic mass is 32.1. The van der Waals surface area contributed by atoms with Crippen molar-refractivity contribution in [2.75, 3.05) is 0 Å². The Hall–Kier alpha value is -0.780. The number of aliphatic hydroxyl groups excluding tert-OH is 1. The van der Waals surface area contributed by atoms with Crippen molar-refractivity contribution in [2.45, 2.75) is 19.4 Å². The van der Waals surface area contributed by atoms with E-state index in [0.717, 1.165) is 16.4 Å². The number of nitrogens with zero attached hydrogens (tertiary/aromatic N) is 2. The molecule has 5 heteroatoms. The normalized spacial score (nSPS) is 13.0. The number of aryl methyl sites for hydroxylation is 1. The Kier molecular flexibility index (Phi) is 2.90. The van der Waals surface area contributed by atoms with E-state index >= 15 is 0 Å². The van der Waals surface area contributed by atoms with Crippen LogP contribution in [0.1, 0.15) is 22.5 Å². The Morgan fingerprint density at radius 3 is 3.00 bits per heavy atom. The van der Waals surface area contributed by atoms with Gasteiger partial charge in [-0.1, -0.05) is 0 Å². The molecule has 0 radical (unpaired) electrons. The maximum atomic E-state index is 9.78. The summed E-state index contributed by atoms with van der Waals surface area (Å²) in [6.07, 6.45) is 0.0363. The van der Waals surface area contributed by atoms with Crippen molar-refractivity contribution in [1.29, 1.82) is 0 Å². The molecule has 0 fully saturated rings. The van der Waals surface area contributed by atoms with Crippen LogP contribution in [0.4, 0.5) is 0 Å². The molecule has 0 aromatic carbocycles. The van der Waals surface area contributed by atoms with Gasteiger partial charge in [-0.3, -0.25) is 0 Å². The molecule has 14 heavy (non-hydrogen) atoms. The van der Waals surface area contributed by atoms with Crippen LogP contribution in [0.25, 0.3) is 0 Å². The second-order valence-electron chi connectivity index (χ2n) is 3.03. The number of hydrogen-bond acceptors (Lipinski definition) is 5. The number of thiazole rings is 1. The molecule has 0 bridgehead atoms. The fraction of sp³-hybridized carbons (Fsp3) is 0.333. The third kappa shape index (κ3) is 2.17. The SMILES string of the molecule is Cc1csc(CC(O)c2ccsn2)n1. The fourth-order valence-corrected chi connectivity index (χ4v) is 2.54. The Morgan fingerprint density at radius 1 is 1.57 bits per heavy atom. The Morgan fingerprint density at radius 2 is 2.43 bits per heavy atom. The van der Waals surface area contributed by atoms with Crippen LogP contribution in [0.2, 0.25) is 0 Å². The maximum Gasteiger partial charge on any atom is 0.103 e. The minimum absolute atomic E-state index is 0.521. The van der Waals surface area contributed by atoms with Crippen LogP contribution in [-0.4, -0.2) is 14.5 Å². The topological polar surface area (TPSA) is 46.0 Å². The molecule has 0 saturated heterocycles. The molecule has 1 atom stereocenters. The van der Waals surface area contributed by atoms with E-state index < -0.39 is 6.10 Å². The van der Waals surface area contributed by atoms with Gasteiger partial charge < -0.3 is 5.11 Å². The van der Waals surface area contributed by atoms with Crippen LogP contribution < -0.4 is 0 Å². The minimum atomic E-state index is -0.521. The van der Waals surface area contributed by atoms with E-state index in [9.17, 15) is 5.11 Å². The van der Waals surface area contributed by atoms with Crippen LogP contribution in [0.5, 0.6) is 0 Å². The molecule has 74 valence electrons.